The molecular formula is C15H20N2OS2. The summed E-state index contributed by atoms with van der Waals surface area (Å²) in [5.74, 6) is 0.183. The van der Waals surface area contributed by atoms with Crippen LogP contribution in [0, 0.1) is 0 Å². The third-order valence-corrected chi connectivity index (χ3v) is 5.90. The fraction of sp³-hybridized carbons (Fsp3) is 0.533. The lowest BCUT2D eigenvalue weighted by Crippen LogP contribution is -2.44. The normalized spacial score (nSPS) is 19.1. The summed E-state index contributed by atoms with van der Waals surface area (Å²) in [6.07, 6.45) is 2.40. The molecule has 1 unspecified atom stereocenters. The highest BCUT2D eigenvalue weighted by atomic mass is 32.1. The second-order valence-corrected chi connectivity index (χ2v) is 7.64. The summed E-state index contributed by atoms with van der Waals surface area (Å²) in [6.45, 7) is 6.10. The monoisotopic (exact) mass is 308 g/mol. The third kappa shape index (κ3) is 2.75. The van der Waals surface area contributed by atoms with Gasteiger partial charge in [0.2, 0.25) is 0 Å². The lowest BCUT2D eigenvalue weighted by Gasteiger charge is -2.29. The van der Waals surface area contributed by atoms with Crippen LogP contribution in [0.4, 0.5) is 0 Å². The minimum atomic E-state index is 0.183. The summed E-state index contributed by atoms with van der Waals surface area (Å²) >= 11 is 3.32. The van der Waals surface area contributed by atoms with E-state index in [-0.39, 0.29) is 11.9 Å². The van der Waals surface area contributed by atoms with E-state index < -0.39 is 0 Å². The molecule has 0 bridgehead atoms. The van der Waals surface area contributed by atoms with Crippen LogP contribution in [0.25, 0.3) is 9.40 Å². The molecule has 3 heterocycles. The van der Waals surface area contributed by atoms with Crippen LogP contribution in [0.1, 0.15) is 36.4 Å². The molecule has 1 aliphatic rings. The van der Waals surface area contributed by atoms with Crippen molar-refractivity contribution in [1.82, 2.24) is 10.2 Å². The molecule has 108 valence electrons. The lowest BCUT2D eigenvalue weighted by atomic mass is 10.2. The van der Waals surface area contributed by atoms with Crippen LogP contribution in [0.3, 0.4) is 0 Å². The Morgan fingerprint density at radius 1 is 1.50 bits per heavy atom. The molecule has 1 aliphatic heterocycles. The molecule has 3 nitrogen and oxygen atoms in total. The van der Waals surface area contributed by atoms with Gasteiger partial charge in [-0.2, -0.15) is 0 Å². The van der Waals surface area contributed by atoms with Gasteiger partial charge in [0.1, 0.15) is 0 Å². The predicted octanol–water partition coefficient (Wildman–Crippen LogP) is 3.57. The van der Waals surface area contributed by atoms with E-state index in [4.69, 9.17) is 0 Å². The maximum atomic E-state index is 12.8. The van der Waals surface area contributed by atoms with E-state index in [2.05, 4.69) is 30.6 Å². The number of fused-ring (bicyclic) bond motifs is 1. The molecule has 1 fully saturated rings. The molecular weight excluding hydrogens is 288 g/mol. The number of rotatable bonds is 4. The summed E-state index contributed by atoms with van der Waals surface area (Å²) in [6, 6.07) is 4.84. The van der Waals surface area contributed by atoms with Crippen molar-refractivity contribution < 1.29 is 4.79 Å². The van der Waals surface area contributed by atoms with Crippen LogP contribution >= 0.6 is 22.7 Å². The van der Waals surface area contributed by atoms with Crippen molar-refractivity contribution in [2.45, 2.75) is 38.8 Å². The minimum Gasteiger partial charge on any atom is -0.334 e. The van der Waals surface area contributed by atoms with Gasteiger partial charge in [-0.3, -0.25) is 4.79 Å². The molecule has 1 saturated heterocycles. The first-order chi connectivity index (χ1) is 9.65. The lowest BCUT2D eigenvalue weighted by molar-refractivity contribution is 0.0694. The first-order valence-corrected chi connectivity index (χ1v) is 8.86. The van der Waals surface area contributed by atoms with Gasteiger partial charge in [-0.25, -0.2) is 0 Å². The first-order valence-electron chi connectivity index (χ1n) is 7.16. The maximum absolute atomic E-state index is 12.8. The molecule has 0 saturated carbocycles. The average Bonchev–Trinajstić information content (AvgIpc) is 3.10. The van der Waals surface area contributed by atoms with Crippen molar-refractivity contribution in [3.63, 3.8) is 0 Å². The molecule has 3 rings (SSSR count). The zero-order valence-corrected chi connectivity index (χ0v) is 13.5. The Balaban J connectivity index is 1.78. The number of hydrogen-bond donors (Lipinski definition) is 1. The van der Waals surface area contributed by atoms with Crippen LogP contribution in [-0.4, -0.2) is 36.0 Å². The number of hydrogen-bond acceptors (Lipinski definition) is 4. The highest BCUT2D eigenvalue weighted by Crippen LogP contribution is 2.31. The Bertz CT molecular complexity index is 567. The van der Waals surface area contributed by atoms with Crippen LogP contribution in [0.2, 0.25) is 0 Å². The molecule has 0 aromatic carbocycles. The van der Waals surface area contributed by atoms with Gasteiger partial charge in [-0.05, 0) is 50.7 Å². The Morgan fingerprint density at radius 2 is 2.35 bits per heavy atom. The van der Waals surface area contributed by atoms with E-state index in [1.165, 1.54) is 22.2 Å². The number of carbonyl (C=O) groups excluding carboxylic acids is 1. The Morgan fingerprint density at radius 3 is 3.00 bits per heavy atom. The molecule has 2 aromatic heterocycles. The van der Waals surface area contributed by atoms with Crippen LogP contribution in [-0.2, 0) is 0 Å². The van der Waals surface area contributed by atoms with Gasteiger partial charge in [0.25, 0.3) is 5.91 Å². The van der Waals surface area contributed by atoms with E-state index in [0.29, 0.717) is 6.04 Å². The van der Waals surface area contributed by atoms with E-state index in [0.717, 1.165) is 18.0 Å². The SMILES string of the molecule is CC(C)N(CC1CCCN1)C(=O)c1cc2sccc2s1. The Kier molecular flexibility index (Phi) is 4.10. The van der Waals surface area contributed by atoms with Crippen molar-refractivity contribution in [3.05, 3.63) is 22.4 Å². The predicted molar refractivity (Wildman–Crippen MR) is 86.9 cm³/mol. The Labute approximate surface area is 127 Å². The van der Waals surface area contributed by atoms with E-state index in [9.17, 15) is 4.79 Å². The largest absolute Gasteiger partial charge is 0.334 e. The van der Waals surface area contributed by atoms with Gasteiger partial charge in [0.15, 0.2) is 0 Å². The average molecular weight is 308 g/mol. The number of amides is 1. The van der Waals surface area contributed by atoms with Crippen molar-refractivity contribution >= 4 is 38.0 Å². The number of nitrogens with one attached hydrogen (secondary N) is 1. The van der Waals surface area contributed by atoms with Gasteiger partial charge in [0.05, 0.1) is 4.88 Å². The standard InChI is InChI=1S/C15H20N2OS2/c1-10(2)17(9-11-4-3-6-16-11)15(18)14-8-13-12(20-14)5-7-19-13/h5,7-8,10-11,16H,3-4,6,9H2,1-2H3. The minimum absolute atomic E-state index is 0.183. The summed E-state index contributed by atoms with van der Waals surface area (Å²) in [4.78, 5) is 15.6. The molecule has 1 amide bonds. The molecule has 2 aromatic rings. The number of carbonyl (C=O) groups is 1. The summed E-state index contributed by atoms with van der Waals surface area (Å²) in [5, 5.41) is 5.56. The second-order valence-electron chi connectivity index (χ2n) is 5.60. The van der Waals surface area contributed by atoms with Crippen LogP contribution in [0.15, 0.2) is 17.5 Å². The molecule has 1 N–H and O–H groups in total. The fourth-order valence-corrected chi connectivity index (χ4v) is 4.76. The smallest absolute Gasteiger partial charge is 0.264 e. The molecule has 1 atom stereocenters. The highest BCUT2D eigenvalue weighted by Gasteiger charge is 2.25. The zero-order chi connectivity index (χ0) is 14.1. The summed E-state index contributed by atoms with van der Waals surface area (Å²) in [5.41, 5.74) is 0. The van der Waals surface area contributed by atoms with Gasteiger partial charge >= 0.3 is 0 Å². The van der Waals surface area contributed by atoms with Crippen LogP contribution < -0.4 is 5.32 Å². The fourth-order valence-electron chi connectivity index (χ4n) is 2.69. The molecule has 20 heavy (non-hydrogen) atoms. The van der Waals surface area contributed by atoms with E-state index in [1.54, 1.807) is 22.7 Å². The summed E-state index contributed by atoms with van der Waals surface area (Å²) < 4.78 is 2.45. The van der Waals surface area contributed by atoms with Crippen molar-refractivity contribution in [1.29, 1.82) is 0 Å². The van der Waals surface area contributed by atoms with Gasteiger partial charge < -0.3 is 10.2 Å². The molecule has 5 heteroatoms. The maximum Gasteiger partial charge on any atom is 0.264 e. The van der Waals surface area contributed by atoms with Crippen LogP contribution in [0.5, 0.6) is 0 Å². The molecule has 0 radical (unpaired) electrons. The first kappa shape index (κ1) is 14.0. The highest BCUT2D eigenvalue weighted by molar-refractivity contribution is 7.27. The Hall–Kier alpha value is -0.910. The number of nitrogens with zero attached hydrogens (tertiary/aromatic N) is 1. The van der Waals surface area contributed by atoms with Crippen molar-refractivity contribution in [2.75, 3.05) is 13.1 Å². The third-order valence-electron chi connectivity index (χ3n) is 3.81. The van der Waals surface area contributed by atoms with Gasteiger partial charge in [-0.1, -0.05) is 0 Å². The topological polar surface area (TPSA) is 32.3 Å². The van der Waals surface area contributed by atoms with Crippen molar-refractivity contribution in [2.24, 2.45) is 0 Å². The van der Waals surface area contributed by atoms with Gasteiger partial charge in [-0.15, -0.1) is 22.7 Å². The summed E-state index contributed by atoms with van der Waals surface area (Å²) in [7, 11) is 0. The van der Waals surface area contributed by atoms with E-state index in [1.807, 2.05) is 11.0 Å². The van der Waals surface area contributed by atoms with Gasteiger partial charge in [0, 0.05) is 28.0 Å². The molecule has 0 aliphatic carbocycles. The second kappa shape index (κ2) is 5.84. The molecule has 0 spiro atoms. The zero-order valence-electron chi connectivity index (χ0n) is 11.9. The number of thiophene rings is 2. The van der Waals surface area contributed by atoms with E-state index >= 15 is 0 Å². The van der Waals surface area contributed by atoms with Crippen molar-refractivity contribution in [3.8, 4) is 0 Å². The quantitative estimate of drug-likeness (QED) is 0.936.